The summed E-state index contributed by atoms with van der Waals surface area (Å²) in [7, 11) is 1.45. The molecule has 0 bridgehead atoms. The average molecular weight is 340 g/mol. The maximum Gasteiger partial charge on any atom is 0.299 e. The summed E-state index contributed by atoms with van der Waals surface area (Å²) in [6, 6.07) is 8.10. The number of aromatic amines is 2. The van der Waals surface area contributed by atoms with Crippen molar-refractivity contribution in [1.82, 2.24) is 9.97 Å². The van der Waals surface area contributed by atoms with Crippen molar-refractivity contribution >= 4 is 21.8 Å². The minimum Gasteiger partial charge on any atom is -0.504 e. The molecule has 7 heteroatoms. The lowest BCUT2D eigenvalue weighted by Gasteiger charge is -2.07. The topological polar surface area (TPSA) is 81.5 Å². The van der Waals surface area contributed by atoms with Crippen LogP contribution in [0.5, 0.6) is 23.1 Å². The third-order valence-corrected chi connectivity index (χ3v) is 3.99. The Morgan fingerprint density at radius 3 is 2.80 bits per heavy atom. The molecule has 4 aromatic rings. The van der Waals surface area contributed by atoms with E-state index in [-0.39, 0.29) is 17.2 Å². The van der Waals surface area contributed by atoms with Crippen LogP contribution in [0, 0.1) is 12.7 Å². The molecular weight excluding hydrogens is 325 g/mol. The summed E-state index contributed by atoms with van der Waals surface area (Å²) in [4.78, 5) is 10.1. The molecule has 126 valence electrons. The van der Waals surface area contributed by atoms with Crippen LogP contribution in [0.3, 0.4) is 0 Å². The lowest BCUT2D eigenvalue weighted by molar-refractivity contribution is -0.393. The van der Waals surface area contributed by atoms with Gasteiger partial charge in [0.1, 0.15) is 5.39 Å². The van der Waals surface area contributed by atoms with Crippen LogP contribution in [0.1, 0.15) is 5.69 Å². The number of phenols is 1. The molecule has 0 radical (unpaired) electrons. The van der Waals surface area contributed by atoms with E-state index in [0.29, 0.717) is 27.7 Å². The maximum absolute atomic E-state index is 14.7. The quantitative estimate of drug-likeness (QED) is 0.598. The van der Waals surface area contributed by atoms with Crippen LogP contribution in [0.25, 0.3) is 21.8 Å². The number of H-pyrrole nitrogens is 2. The molecule has 4 rings (SSSR count). The number of aromatic nitrogens is 3. The highest BCUT2D eigenvalue weighted by Crippen LogP contribution is 2.35. The second-order valence-corrected chi connectivity index (χ2v) is 5.67. The van der Waals surface area contributed by atoms with Gasteiger partial charge in [0.25, 0.3) is 12.2 Å². The number of halogens is 1. The first-order valence-corrected chi connectivity index (χ1v) is 7.60. The van der Waals surface area contributed by atoms with Crippen molar-refractivity contribution in [3.63, 3.8) is 0 Å². The number of hydrogen-bond acceptors (Lipinski definition) is 4. The number of methoxy groups -OCH3 is 1. The molecule has 0 aliphatic carbocycles. The van der Waals surface area contributed by atoms with Crippen LogP contribution in [0.15, 0.2) is 36.7 Å². The number of nitrogens with one attached hydrogen (secondary N) is 2. The fourth-order valence-electron chi connectivity index (χ4n) is 2.81. The Labute approximate surface area is 141 Å². The van der Waals surface area contributed by atoms with Crippen LogP contribution in [0.2, 0.25) is 0 Å². The van der Waals surface area contributed by atoms with Crippen molar-refractivity contribution in [1.29, 1.82) is 0 Å². The second kappa shape index (κ2) is 5.62. The van der Waals surface area contributed by atoms with Crippen LogP contribution in [0.4, 0.5) is 4.39 Å². The Kier molecular flexibility index (Phi) is 3.42. The molecule has 6 nitrogen and oxygen atoms in total. The van der Waals surface area contributed by atoms with E-state index in [1.54, 1.807) is 24.3 Å². The molecule has 3 N–H and O–H groups in total. The van der Waals surface area contributed by atoms with Gasteiger partial charge in [-0.2, -0.15) is 0 Å². The Morgan fingerprint density at radius 2 is 2.00 bits per heavy atom. The van der Waals surface area contributed by atoms with Gasteiger partial charge in [-0.25, -0.2) is 9.37 Å². The summed E-state index contributed by atoms with van der Waals surface area (Å²) in [6.07, 6.45) is 1.42. The first kappa shape index (κ1) is 15.2. The summed E-state index contributed by atoms with van der Waals surface area (Å²) in [6.45, 7) is 1.86. The number of ether oxygens (including phenoxy) is 2. The number of fused-ring (bicyclic) bond motifs is 2. The molecule has 2 aromatic carbocycles. The number of rotatable bonds is 3. The molecule has 0 saturated carbocycles. The van der Waals surface area contributed by atoms with E-state index in [1.165, 1.54) is 19.5 Å². The van der Waals surface area contributed by atoms with Crippen LogP contribution in [-0.2, 0) is 0 Å². The standard InChI is InChI=1S/C18H14FN3O3/c1-9-5-10-12(22-9)3-4-15(17(10)19)25-18-11-6-16(24-2)14(23)7-13(11)20-8-21-18/h3-8,22-23H,1-2H3/p+1. The average Bonchev–Trinajstić information content (AvgIpc) is 2.98. The molecule has 0 aliphatic heterocycles. The van der Waals surface area contributed by atoms with Gasteiger partial charge in [0.2, 0.25) is 0 Å². The zero-order chi connectivity index (χ0) is 17.6. The molecule has 2 heterocycles. The number of benzene rings is 2. The smallest absolute Gasteiger partial charge is 0.299 e. The van der Waals surface area contributed by atoms with Gasteiger partial charge in [-0.3, -0.25) is 0 Å². The lowest BCUT2D eigenvalue weighted by Crippen LogP contribution is -2.08. The van der Waals surface area contributed by atoms with E-state index in [4.69, 9.17) is 9.47 Å². The van der Waals surface area contributed by atoms with E-state index < -0.39 is 5.82 Å². The molecule has 0 spiro atoms. The van der Waals surface area contributed by atoms with Crippen molar-refractivity contribution in [2.75, 3.05) is 7.11 Å². The van der Waals surface area contributed by atoms with E-state index in [2.05, 4.69) is 15.0 Å². The summed E-state index contributed by atoms with van der Waals surface area (Å²) >= 11 is 0. The third kappa shape index (κ3) is 2.50. The number of aryl methyl sites for hydroxylation is 1. The van der Waals surface area contributed by atoms with Crippen LogP contribution in [-0.4, -0.2) is 22.2 Å². The van der Waals surface area contributed by atoms with E-state index in [1.807, 2.05) is 6.92 Å². The fraction of sp³-hybridized carbons (Fsp3) is 0.111. The molecular formula is C18H15FN3O3+. The number of hydrogen-bond donors (Lipinski definition) is 2. The molecule has 0 amide bonds. The van der Waals surface area contributed by atoms with Gasteiger partial charge in [0.05, 0.1) is 7.11 Å². The van der Waals surface area contributed by atoms with Gasteiger partial charge in [0, 0.05) is 28.7 Å². The first-order chi connectivity index (χ1) is 12.1. The predicted octanol–water partition coefficient (Wildman–Crippen LogP) is 3.48. The van der Waals surface area contributed by atoms with Gasteiger partial charge in [-0.15, -0.1) is 0 Å². The van der Waals surface area contributed by atoms with Gasteiger partial charge in [-0.05, 0) is 30.1 Å². The highest BCUT2D eigenvalue weighted by Gasteiger charge is 2.18. The Balaban J connectivity index is 1.84. The fourth-order valence-corrected chi connectivity index (χ4v) is 2.81. The highest BCUT2D eigenvalue weighted by molar-refractivity contribution is 5.86. The monoisotopic (exact) mass is 340 g/mol. The zero-order valence-electron chi connectivity index (χ0n) is 13.6. The van der Waals surface area contributed by atoms with Crippen LogP contribution < -0.4 is 14.5 Å². The molecule has 25 heavy (non-hydrogen) atoms. The van der Waals surface area contributed by atoms with Crippen molar-refractivity contribution in [3.8, 4) is 23.1 Å². The number of phenolic OH excluding ortho intramolecular Hbond substituents is 1. The summed E-state index contributed by atoms with van der Waals surface area (Å²) in [5.74, 6) is 0.174. The van der Waals surface area contributed by atoms with Crippen molar-refractivity contribution in [2.45, 2.75) is 6.92 Å². The van der Waals surface area contributed by atoms with Crippen LogP contribution >= 0.6 is 0 Å². The van der Waals surface area contributed by atoms with E-state index in [9.17, 15) is 9.50 Å². The zero-order valence-corrected chi connectivity index (χ0v) is 13.6. The molecule has 2 aromatic heterocycles. The van der Waals surface area contributed by atoms with Crippen molar-refractivity contribution in [3.05, 3.63) is 48.2 Å². The van der Waals surface area contributed by atoms with Gasteiger partial charge in [0.15, 0.2) is 28.6 Å². The van der Waals surface area contributed by atoms with Gasteiger partial charge < -0.3 is 19.6 Å². The maximum atomic E-state index is 14.7. The highest BCUT2D eigenvalue weighted by atomic mass is 19.1. The number of aromatic hydroxyl groups is 1. The minimum atomic E-state index is -0.453. The van der Waals surface area contributed by atoms with Crippen molar-refractivity contribution in [2.24, 2.45) is 0 Å². The minimum absolute atomic E-state index is 0.0324. The Morgan fingerprint density at radius 1 is 1.16 bits per heavy atom. The third-order valence-electron chi connectivity index (χ3n) is 3.99. The normalized spacial score (nSPS) is 11.2. The molecule has 0 fully saturated rings. The first-order valence-electron chi connectivity index (χ1n) is 7.60. The Hall–Kier alpha value is -3.35. The molecule has 0 atom stereocenters. The lowest BCUT2D eigenvalue weighted by atomic mass is 10.2. The molecule has 0 aliphatic rings. The summed E-state index contributed by atoms with van der Waals surface area (Å²) in [5.41, 5.74) is 2.07. The SMILES string of the molecule is COc1cc2c(Oc3ccc4[nH]c(C)cc4c3F)[nH+]cnc2cc1O. The Bertz CT molecular complexity index is 1110. The summed E-state index contributed by atoms with van der Waals surface area (Å²) in [5, 5.41) is 10.9. The second-order valence-electron chi connectivity index (χ2n) is 5.67. The van der Waals surface area contributed by atoms with E-state index in [0.717, 1.165) is 5.69 Å². The van der Waals surface area contributed by atoms with Crippen molar-refractivity contribution < 1.29 is 24.0 Å². The predicted molar refractivity (Wildman–Crippen MR) is 89.6 cm³/mol. The number of nitrogens with zero attached hydrogens (tertiary/aromatic N) is 1. The van der Waals surface area contributed by atoms with Gasteiger partial charge >= 0.3 is 0 Å². The van der Waals surface area contributed by atoms with E-state index >= 15 is 0 Å². The summed E-state index contributed by atoms with van der Waals surface area (Å²) < 4.78 is 25.6. The molecule has 0 saturated heterocycles. The van der Waals surface area contributed by atoms with Gasteiger partial charge in [-0.1, -0.05) is 0 Å². The molecule has 0 unspecified atom stereocenters. The largest absolute Gasteiger partial charge is 0.504 e.